The van der Waals surface area contributed by atoms with Crippen LogP contribution in [0.2, 0.25) is 0 Å². The zero-order valence-corrected chi connectivity index (χ0v) is 19.8. The van der Waals surface area contributed by atoms with E-state index in [4.69, 9.17) is 0 Å². The molecule has 7 heteroatoms. The number of anilines is 1. The average molecular weight is 476 g/mol. The Morgan fingerprint density at radius 3 is 2.27 bits per heavy atom. The predicted octanol–water partition coefficient (Wildman–Crippen LogP) is 5.32. The number of carbonyl (C=O) groups excluding carboxylic acids is 2. The smallest absolute Gasteiger partial charge is 0.230 e. The lowest BCUT2D eigenvalue weighted by molar-refractivity contribution is -0.118. The molecule has 4 aromatic rings. The Morgan fingerprint density at radius 2 is 1.55 bits per heavy atom. The standard InChI is InChI=1S/C26H25N3O2S2/c30-24(14-11-19-7-3-1-4-8-19)28-21-12-13-22-23(17-21)33-26(29-22)32-18-25(31)27-16-15-20-9-5-2-6-10-20/h1-10,12-13,17H,11,14-16,18H2,(H,27,31)(H,28,30). The van der Waals surface area contributed by atoms with Gasteiger partial charge in [0.2, 0.25) is 11.8 Å². The van der Waals surface area contributed by atoms with Gasteiger partial charge in [-0.05, 0) is 42.2 Å². The van der Waals surface area contributed by atoms with Crippen LogP contribution in [0, 0.1) is 0 Å². The van der Waals surface area contributed by atoms with Crippen molar-refractivity contribution in [2.45, 2.75) is 23.6 Å². The van der Waals surface area contributed by atoms with E-state index in [9.17, 15) is 9.59 Å². The van der Waals surface area contributed by atoms with Crippen LogP contribution < -0.4 is 10.6 Å². The molecule has 33 heavy (non-hydrogen) atoms. The normalized spacial score (nSPS) is 10.8. The van der Waals surface area contributed by atoms with Crippen LogP contribution in [-0.4, -0.2) is 29.1 Å². The Hall–Kier alpha value is -3.16. The van der Waals surface area contributed by atoms with Gasteiger partial charge in [-0.1, -0.05) is 72.4 Å². The fourth-order valence-corrected chi connectivity index (χ4v) is 5.28. The van der Waals surface area contributed by atoms with Gasteiger partial charge in [0.15, 0.2) is 4.34 Å². The zero-order valence-electron chi connectivity index (χ0n) is 18.1. The number of thioether (sulfide) groups is 1. The first kappa shape index (κ1) is 23.0. The highest BCUT2D eigenvalue weighted by molar-refractivity contribution is 8.01. The molecule has 5 nitrogen and oxygen atoms in total. The Labute approximate surface area is 201 Å². The van der Waals surface area contributed by atoms with E-state index in [1.54, 1.807) is 0 Å². The number of aryl methyl sites for hydroxylation is 1. The van der Waals surface area contributed by atoms with Crippen molar-refractivity contribution in [2.24, 2.45) is 0 Å². The molecular formula is C26H25N3O2S2. The lowest BCUT2D eigenvalue weighted by Crippen LogP contribution is -2.27. The SMILES string of the molecule is O=C(CSc1nc2ccc(NC(=O)CCc3ccccc3)cc2s1)NCCc1ccccc1. The molecule has 0 aliphatic rings. The monoisotopic (exact) mass is 475 g/mol. The molecular weight excluding hydrogens is 450 g/mol. The molecule has 1 aromatic heterocycles. The van der Waals surface area contributed by atoms with Gasteiger partial charge in [-0.2, -0.15) is 0 Å². The van der Waals surface area contributed by atoms with Crippen LogP contribution in [-0.2, 0) is 22.4 Å². The maximum absolute atomic E-state index is 12.3. The number of hydrogen-bond acceptors (Lipinski definition) is 5. The lowest BCUT2D eigenvalue weighted by Gasteiger charge is -2.05. The third-order valence-electron chi connectivity index (χ3n) is 5.04. The Balaban J connectivity index is 1.24. The number of carbonyl (C=O) groups is 2. The minimum Gasteiger partial charge on any atom is -0.355 e. The summed E-state index contributed by atoms with van der Waals surface area (Å²) < 4.78 is 1.83. The molecule has 1 heterocycles. The minimum atomic E-state index is -0.00973. The molecule has 0 atom stereocenters. The summed E-state index contributed by atoms with van der Waals surface area (Å²) in [6.07, 6.45) is 1.97. The molecule has 0 bridgehead atoms. The van der Waals surface area contributed by atoms with Gasteiger partial charge in [-0.15, -0.1) is 11.3 Å². The number of nitrogens with one attached hydrogen (secondary N) is 2. The first-order valence-electron chi connectivity index (χ1n) is 10.8. The van der Waals surface area contributed by atoms with E-state index >= 15 is 0 Å². The molecule has 3 aromatic carbocycles. The van der Waals surface area contributed by atoms with Crippen molar-refractivity contribution in [3.05, 3.63) is 90.0 Å². The van der Waals surface area contributed by atoms with Gasteiger partial charge in [0, 0.05) is 18.7 Å². The largest absolute Gasteiger partial charge is 0.355 e. The van der Waals surface area contributed by atoms with Crippen molar-refractivity contribution in [3.8, 4) is 0 Å². The van der Waals surface area contributed by atoms with E-state index in [0.29, 0.717) is 25.1 Å². The number of amides is 2. The Kier molecular flexibility index (Phi) is 8.11. The number of aromatic nitrogens is 1. The number of fused-ring (bicyclic) bond motifs is 1. The van der Waals surface area contributed by atoms with E-state index < -0.39 is 0 Å². The Morgan fingerprint density at radius 1 is 0.848 bits per heavy atom. The molecule has 2 N–H and O–H groups in total. The zero-order chi connectivity index (χ0) is 22.9. The highest BCUT2D eigenvalue weighted by atomic mass is 32.2. The molecule has 0 radical (unpaired) electrons. The maximum Gasteiger partial charge on any atom is 0.230 e. The van der Waals surface area contributed by atoms with Crippen molar-refractivity contribution in [3.63, 3.8) is 0 Å². The average Bonchev–Trinajstić information content (AvgIpc) is 3.25. The summed E-state index contributed by atoms with van der Waals surface area (Å²) in [5.41, 5.74) is 3.99. The molecule has 4 rings (SSSR count). The van der Waals surface area contributed by atoms with E-state index in [1.165, 1.54) is 28.7 Å². The fourth-order valence-electron chi connectivity index (χ4n) is 3.34. The summed E-state index contributed by atoms with van der Waals surface area (Å²) in [7, 11) is 0. The van der Waals surface area contributed by atoms with Crippen molar-refractivity contribution < 1.29 is 9.59 Å². The molecule has 0 saturated heterocycles. The van der Waals surface area contributed by atoms with E-state index in [0.717, 1.165) is 32.2 Å². The second kappa shape index (κ2) is 11.6. The van der Waals surface area contributed by atoms with Crippen molar-refractivity contribution in [1.82, 2.24) is 10.3 Å². The predicted molar refractivity (Wildman–Crippen MR) is 137 cm³/mol. The second-order valence-electron chi connectivity index (χ2n) is 7.57. The van der Waals surface area contributed by atoms with Crippen LogP contribution in [0.3, 0.4) is 0 Å². The van der Waals surface area contributed by atoms with Gasteiger partial charge in [0.1, 0.15) is 0 Å². The van der Waals surface area contributed by atoms with E-state index in [-0.39, 0.29) is 11.8 Å². The molecule has 2 amide bonds. The van der Waals surface area contributed by atoms with Crippen LogP contribution in [0.15, 0.2) is 83.2 Å². The topological polar surface area (TPSA) is 71.1 Å². The van der Waals surface area contributed by atoms with Crippen molar-refractivity contribution in [1.29, 1.82) is 0 Å². The summed E-state index contributed by atoms with van der Waals surface area (Å²) in [6, 6.07) is 25.8. The quantitative estimate of drug-likeness (QED) is 0.305. The lowest BCUT2D eigenvalue weighted by atomic mass is 10.1. The molecule has 0 aliphatic heterocycles. The van der Waals surface area contributed by atoms with Crippen LogP contribution >= 0.6 is 23.1 Å². The molecule has 168 valence electrons. The van der Waals surface area contributed by atoms with Gasteiger partial charge >= 0.3 is 0 Å². The highest BCUT2D eigenvalue weighted by Gasteiger charge is 2.10. The number of nitrogens with zero attached hydrogens (tertiary/aromatic N) is 1. The number of hydrogen-bond donors (Lipinski definition) is 2. The summed E-state index contributed by atoms with van der Waals surface area (Å²) >= 11 is 2.97. The van der Waals surface area contributed by atoms with Gasteiger partial charge in [0.25, 0.3) is 0 Å². The summed E-state index contributed by atoms with van der Waals surface area (Å²) in [4.78, 5) is 29.1. The first-order chi connectivity index (χ1) is 16.2. The Bertz CT molecular complexity index is 1210. The van der Waals surface area contributed by atoms with Crippen molar-refractivity contribution >= 4 is 50.8 Å². The molecule has 0 fully saturated rings. The van der Waals surface area contributed by atoms with Gasteiger partial charge in [0.05, 0.1) is 16.0 Å². The maximum atomic E-state index is 12.3. The summed E-state index contributed by atoms with van der Waals surface area (Å²) in [6.45, 7) is 0.622. The van der Waals surface area contributed by atoms with E-state index in [2.05, 4.69) is 27.8 Å². The van der Waals surface area contributed by atoms with Crippen LogP contribution in [0.5, 0.6) is 0 Å². The molecule has 0 unspecified atom stereocenters. The van der Waals surface area contributed by atoms with Crippen LogP contribution in [0.1, 0.15) is 17.5 Å². The first-order valence-corrected chi connectivity index (χ1v) is 12.6. The fraction of sp³-hybridized carbons (Fsp3) is 0.192. The summed E-state index contributed by atoms with van der Waals surface area (Å²) in [5.74, 6) is 0.323. The third kappa shape index (κ3) is 7.17. The van der Waals surface area contributed by atoms with Gasteiger partial charge in [-0.25, -0.2) is 4.98 Å². The van der Waals surface area contributed by atoms with Gasteiger partial charge < -0.3 is 10.6 Å². The number of benzene rings is 3. The molecule has 0 spiro atoms. The van der Waals surface area contributed by atoms with Crippen LogP contribution in [0.4, 0.5) is 5.69 Å². The minimum absolute atomic E-state index is 0.00144. The summed E-state index contributed by atoms with van der Waals surface area (Å²) in [5, 5.41) is 5.93. The highest BCUT2D eigenvalue weighted by Crippen LogP contribution is 2.31. The molecule has 0 saturated carbocycles. The number of rotatable bonds is 10. The van der Waals surface area contributed by atoms with Crippen molar-refractivity contribution in [2.75, 3.05) is 17.6 Å². The van der Waals surface area contributed by atoms with Crippen LogP contribution in [0.25, 0.3) is 10.2 Å². The molecule has 0 aliphatic carbocycles. The second-order valence-corrected chi connectivity index (χ2v) is 9.82. The van der Waals surface area contributed by atoms with Gasteiger partial charge in [-0.3, -0.25) is 9.59 Å². The van der Waals surface area contributed by atoms with E-state index in [1.807, 2.05) is 66.7 Å². The number of thiazole rings is 1. The third-order valence-corrected chi connectivity index (χ3v) is 7.20.